The molecule has 2 heterocycles. The Kier molecular flexibility index (Phi) is 5.32. The van der Waals surface area contributed by atoms with Crippen LogP contribution in [0.5, 0.6) is 0 Å². The molecule has 2 N–H and O–H groups in total. The lowest BCUT2D eigenvalue weighted by molar-refractivity contribution is -0.129. The van der Waals surface area contributed by atoms with Crippen LogP contribution < -0.4 is 10.2 Å². The standard InChI is InChI=1S/C15H22N4O3/c1-3-16-15(22)12-4-5-14(17-8-12)19-7-6-18(11(2)20)9-13(21)10-19/h4-5,8,13,21H,3,6-7,9-10H2,1-2H3,(H,16,22). The number of carbonyl (C=O) groups excluding carboxylic acids is 2. The molecule has 0 saturated carbocycles. The first kappa shape index (κ1) is 16.2. The van der Waals surface area contributed by atoms with E-state index in [1.54, 1.807) is 17.0 Å². The Morgan fingerprint density at radius 2 is 2.14 bits per heavy atom. The molecule has 0 aliphatic carbocycles. The topological polar surface area (TPSA) is 85.8 Å². The molecule has 7 nitrogen and oxygen atoms in total. The predicted octanol–water partition coefficient (Wildman–Crippen LogP) is -0.139. The predicted molar refractivity (Wildman–Crippen MR) is 82.7 cm³/mol. The van der Waals surface area contributed by atoms with E-state index in [0.717, 1.165) is 0 Å². The molecule has 1 fully saturated rings. The summed E-state index contributed by atoms with van der Waals surface area (Å²) >= 11 is 0. The van der Waals surface area contributed by atoms with Crippen molar-refractivity contribution in [1.29, 1.82) is 0 Å². The van der Waals surface area contributed by atoms with Crippen molar-refractivity contribution in [2.24, 2.45) is 0 Å². The first-order valence-corrected chi connectivity index (χ1v) is 7.44. The van der Waals surface area contributed by atoms with E-state index in [9.17, 15) is 14.7 Å². The Hall–Kier alpha value is -2.15. The Labute approximate surface area is 129 Å². The van der Waals surface area contributed by atoms with E-state index < -0.39 is 6.10 Å². The summed E-state index contributed by atoms with van der Waals surface area (Å²) in [5, 5.41) is 12.7. The number of aromatic nitrogens is 1. The van der Waals surface area contributed by atoms with Crippen LogP contribution >= 0.6 is 0 Å². The van der Waals surface area contributed by atoms with Gasteiger partial charge in [0, 0.05) is 45.8 Å². The van der Waals surface area contributed by atoms with Crippen molar-refractivity contribution in [2.75, 3.05) is 37.6 Å². The van der Waals surface area contributed by atoms with Crippen molar-refractivity contribution in [3.8, 4) is 0 Å². The van der Waals surface area contributed by atoms with Gasteiger partial charge in [-0.15, -0.1) is 0 Å². The van der Waals surface area contributed by atoms with E-state index in [1.807, 2.05) is 11.8 Å². The third-order valence-electron chi connectivity index (χ3n) is 3.62. The van der Waals surface area contributed by atoms with Crippen LogP contribution in [0.4, 0.5) is 5.82 Å². The van der Waals surface area contributed by atoms with Gasteiger partial charge in [-0.3, -0.25) is 9.59 Å². The number of β-amino-alcohol motifs (C(OH)–C–C–N with tert-alkyl or cyclic N) is 1. The minimum absolute atomic E-state index is 0.0413. The summed E-state index contributed by atoms with van der Waals surface area (Å²) < 4.78 is 0. The van der Waals surface area contributed by atoms with Crippen molar-refractivity contribution in [1.82, 2.24) is 15.2 Å². The molecule has 1 aliphatic rings. The smallest absolute Gasteiger partial charge is 0.252 e. The average Bonchev–Trinajstić information content (AvgIpc) is 2.69. The van der Waals surface area contributed by atoms with Gasteiger partial charge >= 0.3 is 0 Å². The molecule has 1 aliphatic heterocycles. The van der Waals surface area contributed by atoms with Gasteiger partial charge in [0.25, 0.3) is 5.91 Å². The summed E-state index contributed by atoms with van der Waals surface area (Å²) in [4.78, 5) is 31.0. The maximum Gasteiger partial charge on any atom is 0.252 e. The summed E-state index contributed by atoms with van der Waals surface area (Å²) in [7, 11) is 0. The fraction of sp³-hybridized carbons (Fsp3) is 0.533. The number of nitrogens with zero attached hydrogens (tertiary/aromatic N) is 3. The second kappa shape index (κ2) is 7.22. The Balaban J connectivity index is 2.07. The lowest BCUT2D eigenvalue weighted by Crippen LogP contribution is -2.36. The summed E-state index contributed by atoms with van der Waals surface area (Å²) in [6.07, 6.45) is 0.914. The van der Waals surface area contributed by atoms with Crippen LogP contribution in [-0.4, -0.2) is 65.6 Å². The lowest BCUT2D eigenvalue weighted by Gasteiger charge is -2.22. The number of carbonyl (C=O) groups is 2. The van der Waals surface area contributed by atoms with Gasteiger partial charge in [0.1, 0.15) is 5.82 Å². The number of nitrogens with one attached hydrogen (secondary N) is 1. The molecule has 1 aromatic heterocycles. The number of aliphatic hydroxyl groups excluding tert-OH is 1. The molecule has 2 rings (SSSR count). The van der Waals surface area contributed by atoms with Gasteiger partial charge in [-0.25, -0.2) is 4.98 Å². The Morgan fingerprint density at radius 3 is 2.73 bits per heavy atom. The van der Waals surface area contributed by atoms with E-state index in [-0.39, 0.29) is 11.8 Å². The number of rotatable bonds is 3. The number of aliphatic hydroxyl groups is 1. The second-order valence-electron chi connectivity index (χ2n) is 5.33. The normalized spacial score (nSPS) is 18.8. The molecule has 2 amide bonds. The maximum absolute atomic E-state index is 11.7. The van der Waals surface area contributed by atoms with Crippen LogP contribution in [-0.2, 0) is 4.79 Å². The summed E-state index contributed by atoms with van der Waals surface area (Å²) in [5.74, 6) is 0.498. The highest BCUT2D eigenvalue weighted by atomic mass is 16.3. The van der Waals surface area contributed by atoms with Crippen LogP contribution in [0, 0.1) is 0 Å². The van der Waals surface area contributed by atoms with Crippen LogP contribution in [0.15, 0.2) is 18.3 Å². The van der Waals surface area contributed by atoms with Gasteiger partial charge in [0.2, 0.25) is 5.91 Å². The van der Waals surface area contributed by atoms with Gasteiger partial charge in [-0.1, -0.05) is 0 Å². The first-order valence-electron chi connectivity index (χ1n) is 7.44. The maximum atomic E-state index is 11.7. The molecule has 0 spiro atoms. The lowest BCUT2D eigenvalue weighted by atomic mass is 10.2. The molecule has 1 atom stereocenters. The van der Waals surface area contributed by atoms with Gasteiger partial charge < -0.3 is 20.2 Å². The highest BCUT2D eigenvalue weighted by Crippen LogP contribution is 2.15. The Bertz CT molecular complexity index is 532. The summed E-state index contributed by atoms with van der Waals surface area (Å²) in [6, 6.07) is 3.48. The van der Waals surface area contributed by atoms with E-state index in [0.29, 0.717) is 44.1 Å². The highest BCUT2D eigenvalue weighted by Gasteiger charge is 2.23. The molecule has 0 aromatic carbocycles. The average molecular weight is 306 g/mol. The van der Waals surface area contributed by atoms with Crippen molar-refractivity contribution >= 4 is 17.6 Å². The molecule has 0 bridgehead atoms. The molecule has 1 saturated heterocycles. The molecule has 22 heavy (non-hydrogen) atoms. The third-order valence-corrected chi connectivity index (χ3v) is 3.62. The number of amides is 2. The summed E-state index contributed by atoms with van der Waals surface area (Å²) in [6.45, 7) is 5.83. The zero-order valence-electron chi connectivity index (χ0n) is 13.0. The number of anilines is 1. The second-order valence-corrected chi connectivity index (χ2v) is 5.33. The van der Waals surface area contributed by atoms with Crippen LogP contribution in [0.2, 0.25) is 0 Å². The molecule has 1 aromatic rings. The first-order chi connectivity index (χ1) is 10.5. The number of hydrogen-bond donors (Lipinski definition) is 2. The molecular weight excluding hydrogens is 284 g/mol. The van der Waals surface area contributed by atoms with E-state index >= 15 is 0 Å². The number of hydrogen-bond acceptors (Lipinski definition) is 5. The third kappa shape index (κ3) is 3.94. The molecule has 7 heteroatoms. The molecular formula is C15H22N4O3. The van der Waals surface area contributed by atoms with Gasteiger partial charge in [0.05, 0.1) is 11.7 Å². The minimum Gasteiger partial charge on any atom is -0.389 e. The minimum atomic E-state index is -0.615. The van der Waals surface area contributed by atoms with Crippen molar-refractivity contribution in [3.05, 3.63) is 23.9 Å². The van der Waals surface area contributed by atoms with Crippen LogP contribution in [0.25, 0.3) is 0 Å². The van der Waals surface area contributed by atoms with E-state index in [1.165, 1.54) is 13.1 Å². The number of pyridine rings is 1. The fourth-order valence-electron chi connectivity index (χ4n) is 2.45. The van der Waals surface area contributed by atoms with Crippen LogP contribution in [0.3, 0.4) is 0 Å². The summed E-state index contributed by atoms with van der Waals surface area (Å²) in [5.41, 5.74) is 0.506. The van der Waals surface area contributed by atoms with E-state index in [2.05, 4.69) is 10.3 Å². The zero-order valence-corrected chi connectivity index (χ0v) is 13.0. The van der Waals surface area contributed by atoms with Crippen molar-refractivity contribution < 1.29 is 14.7 Å². The molecule has 120 valence electrons. The Morgan fingerprint density at radius 1 is 1.36 bits per heavy atom. The molecule has 1 unspecified atom stereocenters. The van der Waals surface area contributed by atoms with Gasteiger partial charge in [-0.2, -0.15) is 0 Å². The highest BCUT2D eigenvalue weighted by molar-refractivity contribution is 5.94. The van der Waals surface area contributed by atoms with Crippen molar-refractivity contribution in [3.63, 3.8) is 0 Å². The van der Waals surface area contributed by atoms with Crippen LogP contribution in [0.1, 0.15) is 24.2 Å². The van der Waals surface area contributed by atoms with Crippen molar-refractivity contribution in [2.45, 2.75) is 20.0 Å². The SMILES string of the molecule is CCNC(=O)c1ccc(N2CCN(C(C)=O)CC(O)C2)nc1. The van der Waals surface area contributed by atoms with Gasteiger partial charge in [0.15, 0.2) is 0 Å². The van der Waals surface area contributed by atoms with E-state index in [4.69, 9.17) is 0 Å². The molecule has 0 radical (unpaired) electrons. The monoisotopic (exact) mass is 306 g/mol. The van der Waals surface area contributed by atoms with Gasteiger partial charge in [-0.05, 0) is 19.1 Å². The quantitative estimate of drug-likeness (QED) is 0.812. The zero-order chi connectivity index (χ0) is 16.1. The largest absolute Gasteiger partial charge is 0.389 e. The fourth-order valence-corrected chi connectivity index (χ4v) is 2.45.